The molecule has 4 nitrogen and oxygen atoms in total. The molecule has 0 saturated heterocycles. The van der Waals surface area contributed by atoms with E-state index in [1.54, 1.807) is 36.4 Å². The van der Waals surface area contributed by atoms with Crippen LogP contribution in [0.2, 0.25) is 10.0 Å². The van der Waals surface area contributed by atoms with E-state index >= 15 is 0 Å². The van der Waals surface area contributed by atoms with Gasteiger partial charge in [-0.05, 0) is 29.0 Å². The van der Waals surface area contributed by atoms with Crippen LogP contribution in [0.25, 0.3) is 10.8 Å². The number of carboxylic acids is 1. The van der Waals surface area contributed by atoms with E-state index in [4.69, 9.17) is 32.7 Å². The minimum absolute atomic E-state index is 0.138. The number of carboxylic acid groups (broad SMARTS) is 1. The van der Waals surface area contributed by atoms with Gasteiger partial charge in [0, 0.05) is 11.1 Å². The normalized spacial score (nSPS) is 10.6. The molecule has 0 radical (unpaired) electrons. The zero-order chi connectivity index (χ0) is 17.8. The highest BCUT2D eigenvalue weighted by atomic mass is 35.5. The van der Waals surface area contributed by atoms with Crippen molar-refractivity contribution in [1.29, 1.82) is 0 Å². The molecule has 0 spiro atoms. The minimum Gasteiger partial charge on any atom is -0.489 e. The van der Waals surface area contributed by atoms with Crippen LogP contribution in [0.5, 0.6) is 11.5 Å². The van der Waals surface area contributed by atoms with Gasteiger partial charge in [-0.15, -0.1) is 0 Å². The number of fused-ring (bicyclic) bond motifs is 1. The molecule has 128 valence electrons. The maximum atomic E-state index is 11.6. The second-order valence-corrected chi connectivity index (χ2v) is 6.08. The molecule has 0 aromatic heterocycles. The van der Waals surface area contributed by atoms with E-state index < -0.39 is 5.97 Å². The molecular weight excluding hydrogens is 363 g/mol. The predicted octanol–water partition coefficient (Wildman–Crippen LogP) is 5.30. The molecule has 0 aliphatic carbocycles. The molecule has 3 aromatic carbocycles. The molecule has 0 aliphatic heterocycles. The molecule has 6 heteroatoms. The Morgan fingerprint density at radius 1 is 0.920 bits per heavy atom. The third kappa shape index (κ3) is 3.98. The Balaban J connectivity index is 1.72. The highest BCUT2D eigenvalue weighted by Gasteiger charge is 2.15. The van der Waals surface area contributed by atoms with Gasteiger partial charge in [0.1, 0.15) is 30.3 Å². The molecule has 0 amide bonds. The van der Waals surface area contributed by atoms with Crippen LogP contribution in [0.1, 0.15) is 10.4 Å². The monoisotopic (exact) mass is 376 g/mol. The SMILES string of the molecule is O=C(O)c1c(OCCOc2cc(Cl)ccc2Cl)ccc2ccccc12. The topological polar surface area (TPSA) is 55.8 Å². The Morgan fingerprint density at radius 3 is 2.40 bits per heavy atom. The number of ether oxygens (including phenoxy) is 2. The second-order valence-electron chi connectivity index (χ2n) is 5.24. The van der Waals surface area contributed by atoms with Gasteiger partial charge in [0.2, 0.25) is 0 Å². The van der Waals surface area contributed by atoms with Crippen LogP contribution in [-0.4, -0.2) is 24.3 Å². The number of hydrogen-bond donors (Lipinski definition) is 1. The van der Waals surface area contributed by atoms with Gasteiger partial charge in [0.05, 0.1) is 5.02 Å². The first-order valence-electron chi connectivity index (χ1n) is 7.52. The van der Waals surface area contributed by atoms with Crippen LogP contribution in [0.3, 0.4) is 0 Å². The maximum absolute atomic E-state index is 11.6. The largest absolute Gasteiger partial charge is 0.489 e. The summed E-state index contributed by atoms with van der Waals surface area (Å²) in [7, 11) is 0. The molecule has 0 atom stereocenters. The van der Waals surface area contributed by atoms with Crippen molar-refractivity contribution >= 4 is 39.9 Å². The summed E-state index contributed by atoms with van der Waals surface area (Å²) in [5.74, 6) is -0.285. The van der Waals surface area contributed by atoms with Gasteiger partial charge in [0.25, 0.3) is 0 Å². The summed E-state index contributed by atoms with van der Waals surface area (Å²) in [6.07, 6.45) is 0. The molecule has 3 aromatic rings. The van der Waals surface area contributed by atoms with Crippen LogP contribution in [0.4, 0.5) is 0 Å². The summed E-state index contributed by atoms with van der Waals surface area (Å²) in [5, 5.41) is 12.0. The Morgan fingerprint density at radius 2 is 1.64 bits per heavy atom. The van der Waals surface area contributed by atoms with Gasteiger partial charge in [0.15, 0.2) is 0 Å². The standard InChI is InChI=1S/C19H14Cl2O4/c20-13-6-7-15(21)17(11-13)25-10-9-24-16-8-5-12-3-1-2-4-14(12)18(16)19(22)23/h1-8,11H,9-10H2,(H,22,23). The lowest BCUT2D eigenvalue weighted by molar-refractivity contribution is 0.0693. The quantitative estimate of drug-likeness (QED) is 0.592. The fraction of sp³-hybridized carbons (Fsp3) is 0.105. The van der Waals surface area contributed by atoms with E-state index in [0.29, 0.717) is 26.9 Å². The first kappa shape index (κ1) is 17.4. The van der Waals surface area contributed by atoms with E-state index in [2.05, 4.69) is 0 Å². The summed E-state index contributed by atoms with van der Waals surface area (Å²) < 4.78 is 11.2. The van der Waals surface area contributed by atoms with Crippen molar-refractivity contribution in [2.45, 2.75) is 0 Å². The highest BCUT2D eigenvalue weighted by molar-refractivity contribution is 6.34. The van der Waals surface area contributed by atoms with Crippen molar-refractivity contribution in [3.63, 3.8) is 0 Å². The van der Waals surface area contributed by atoms with Crippen molar-refractivity contribution in [2.24, 2.45) is 0 Å². The molecule has 0 fully saturated rings. The average Bonchev–Trinajstić information content (AvgIpc) is 2.60. The molecule has 0 saturated carbocycles. The summed E-state index contributed by atoms with van der Waals surface area (Å²) in [6.45, 7) is 0.368. The van der Waals surface area contributed by atoms with Crippen molar-refractivity contribution in [3.8, 4) is 11.5 Å². The van der Waals surface area contributed by atoms with E-state index in [0.717, 1.165) is 5.39 Å². The van der Waals surface area contributed by atoms with Gasteiger partial charge >= 0.3 is 5.97 Å². The van der Waals surface area contributed by atoms with Gasteiger partial charge in [-0.25, -0.2) is 4.79 Å². The Bertz CT molecular complexity index is 924. The lowest BCUT2D eigenvalue weighted by Crippen LogP contribution is -2.11. The van der Waals surface area contributed by atoms with E-state index in [1.165, 1.54) is 0 Å². The zero-order valence-electron chi connectivity index (χ0n) is 13.0. The highest BCUT2D eigenvalue weighted by Crippen LogP contribution is 2.29. The van der Waals surface area contributed by atoms with Gasteiger partial charge in [-0.2, -0.15) is 0 Å². The molecular formula is C19H14Cl2O4. The van der Waals surface area contributed by atoms with Crippen LogP contribution in [-0.2, 0) is 0 Å². The van der Waals surface area contributed by atoms with Crippen molar-refractivity contribution in [3.05, 3.63) is 70.2 Å². The summed E-state index contributed by atoms with van der Waals surface area (Å²) in [5.41, 5.74) is 0.138. The number of halogens is 2. The van der Waals surface area contributed by atoms with E-state index in [9.17, 15) is 9.90 Å². The molecule has 3 rings (SSSR count). The first-order chi connectivity index (χ1) is 12.1. The lowest BCUT2D eigenvalue weighted by Gasteiger charge is -2.13. The van der Waals surface area contributed by atoms with Crippen molar-refractivity contribution in [1.82, 2.24) is 0 Å². The zero-order valence-corrected chi connectivity index (χ0v) is 14.6. The van der Waals surface area contributed by atoms with Crippen LogP contribution in [0.15, 0.2) is 54.6 Å². The molecule has 0 unspecified atom stereocenters. The third-order valence-corrected chi connectivity index (χ3v) is 4.14. The fourth-order valence-electron chi connectivity index (χ4n) is 2.48. The Hall–Kier alpha value is -2.43. The molecule has 0 aliphatic rings. The van der Waals surface area contributed by atoms with Gasteiger partial charge < -0.3 is 14.6 Å². The van der Waals surface area contributed by atoms with Gasteiger partial charge in [-0.1, -0.05) is 53.5 Å². The first-order valence-corrected chi connectivity index (χ1v) is 8.27. The van der Waals surface area contributed by atoms with Crippen LogP contribution >= 0.6 is 23.2 Å². The predicted molar refractivity (Wildman–Crippen MR) is 98.4 cm³/mol. The van der Waals surface area contributed by atoms with E-state index in [-0.39, 0.29) is 18.8 Å². The second kappa shape index (κ2) is 7.64. The number of benzene rings is 3. The fourth-order valence-corrected chi connectivity index (χ4v) is 2.82. The van der Waals surface area contributed by atoms with Crippen LogP contribution < -0.4 is 9.47 Å². The smallest absolute Gasteiger partial charge is 0.340 e. The minimum atomic E-state index is -1.04. The number of hydrogen-bond acceptors (Lipinski definition) is 3. The summed E-state index contributed by atoms with van der Waals surface area (Å²) >= 11 is 11.9. The lowest BCUT2D eigenvalue weighted by atomic mass is 10.0. The number of carbonyl (C=O) groups is 1. The number of rotatable bonds is 6. The maximum Gasteiger partial charge on any atom is 0.340 e. The number of aromatic carboxylic acids is 1. The summed E-state index contributed by atoms with van der Waals surface area (Å²) in [6, 6.07) is 15.7. The third-order valence-electron chi connectivity index (χ3n) is 3.60. The Kier molecular flexibility index (Phi) is 5.31. The van der Waals surface area contributed by atoms with Crippen molar-refractivity contribution in [2.75, 3.05) is 13.2 Å². The Labute approximate surface area is 154 Å². The van der Waals surface area contributed by atoms with Crippen LogP contribution in [0, 0.1) is 0 Å². The van der Waals surface area contributed by atoms with E-state index in [1.807, 2.05) is 18.2 Å². The summed E-state index contributed by atoms with van der Waals surface area (Å²) in [4.78, 5) is 11.6. The molecule has 0 bridgehead atoms. The van der Waals surface area contributed by atoms with Crippen molar-refractivity contribution < 1.29 is 19.4 Å². The molecule has 1 N–H and O–H groups in total. The van der Waals surface area contributed by atoms with Gasteiger partial charge in [-0.3, -0.25) is 0 Å². The molecule has 0 heterocycles. The average molecular weight is 377 g/mol. The molecule has 25 heavy (non-hydrogen) atoms.